The Morgan fingerprint density at radius 1 is 0.892 bits per heavy atom. The molecule has 5 rings (SSSR count). The second kappa shape index (κ2) is 9.39. The Morgan fingerprint density at radius 3 is 2.41 bits per heavy atom. The van der Waals surface area contributed by atoms with Gasteiger partial charge in [-0.15, -0.1) is 0 Å². The molecule has 0 unspecified atom stereocenters. The van der Waals surface area contributed by atoms with Crippen LogP contribution in [0, 0.1) is 5.82 Å². The summed E-state index contributed by atoms with van der Waals surface area (Å²) < 4.78 is 19.9. The van der Waals surface area contributed by atoms with Crippen LogP contribution in [0.25, 0.3) is 10.8 Å². The van der Waals surface area contributed by atoms with Crippen molar-refractivity contribution >= 4 is 45.6 Å². The van der Waals surface area contributed by atoms with Crippen molar-refractivity contribution in [1.82, 2.24) is 0 Å². The highest BCUT2D eigenvalue weighted by Gasteiger charge is 2.42. The summed E-state index contributed by atoms with van der Waals surface area (Å²) in [5.41, 5.74) is -0.105. The summed E-state index contributed by atoms with van der Waals surface area (Å²) in [7, 11) is 0. The molecule has 186 valence electrons. The highest BCUT2D eigenvalue weighted by molar-refractivity contribution is 6.11. The summed E-state index contributed by atoms with van der Waals surface area (Å²) in [4.78, 5) is 40.6. The first kappa shape index (κ1) is 24.0. The molecule has 2 N–H and O–H groups in total. The van der Waals surface area contributed by atoms with Crippen molar-refractivity contribution in [3.63, 3.8) is 0 Å². The molecule has 7 nitrogen and oxygen atoms in total. The van der Waals surface area contributed by atoms with Gasteiger partial charge in [0.1, 0.15) is 18.1 Å². The third-order valence-corrected chi connectivity index (χ3v) is 6.12. The average molecular weight is 498 g/mol. The van der Waals surface area contributed by atoms with Gasteiger partial charge in [0.2, 0.25) is 5.91 Å². The van der Waals surface area contributed by atoms with Crippen molar-refractivity contribution in [2.75, 3.05) is 22.1 Å². The molecule has 1 aliphatic rings. The van der Waals surface area contributed by atoms with Gasteiger partial charge in [0.15, 0.2) is 5.60 Å². The van der Waals surface area contributed by atoms with Crippen LogP contribution in [0.5, 0.6) is 5.75 Å². The molecular formula is C29H24FN3O4. The van der Waals surface area contributed by atoms with Crippen molar-refractivity contribution in [2.45, 2.75) is 19.4 Å². The van der Waals surface area contributed by atoms with Crippen LogP contribution in [0.15, 0.2) is 84.9 Å². The van der Waals surface area contributed by atoms with Crippen molar-refractivity contribution in [2.24, 2.45) is 0 Å². The highest BCUT2D eigenvalue weighted by atomic mass is 19.1. The lowest BCUT2D eigenvalue weighted by Gasteiger charge is -2.38. The number of ether oxygens (including phenoxy) is 1. The summed E-state index contributed by atoms with van der Waals surface area (Å²) in [6.45, 7) is 2.94. The Balaban J connectivity index is 1.43. The largest absolute Gasteiger partial charge is 0.476 e. The van der Waals surface area contributed by atoms with E-state index in [9.17, 15) is 18.8 Å². The van der Waals surface area contributed by atoms with Crippen LogP contribution >= 0.6 is 0 Å². The number of nitrogens with zero attached hydrogens (tertiary/aromatic N) is 1. The van der Waals surface area contributed by atoms with Gasteiger partial charge in [-0.3, -0.25) is 19.3 Å². The summed E-state index contributed by atoms with van der Waals surface area (Å²) in [6, 6.07) is 23.6. The number of carbonyl (C=O) groups excluding carboxylic acids is 3. The second-order valence-corrected chi connectivity index (χ2v) is 9.20. The van der Waals surface area contributed by atoms with Crippen LogP contribution in [-0.2, 0) is 9.59 Å². The van der Waals surface area contributed by atoms with E-state index < -0.39 is 29.1 Å². The molecule has 3 amide bonds. The normalized spacial score (nSPS) is 14.0. The molecule has 0 radical (unpaired) electrons. The SMILES string of the molecule is CC1(C)Oc2ccc(C(=O)Nc3ccccc3F)cc2N(CC(=O)Nc2cccc3ccccc23)C1=O. The van der Waals surface area contributed by atoms with Gasteiger partial charge in [-0.2, -0.15) is 0 Å². The summed E-state index contributed by atoms with van der Waals surface area (Å²) in [5.74, 6) is -1.62. The number of anilines is 3. The predicted molar refractivity (Wildman–Crippen MR) is 140 cm³/mol. The summed E-state index contributed by atoms with van der Waals surface area (Å²) >= 11 is 0. The van der Waals surface area contributed by atoms with Gasteiger partial charge in [0.05, 0.1) is 11.4 Å². The standard InChI is InChI=1S/C29H24FN3O4/c1-29(2)28(36)33(17-26(34)31-22-13-7-9-18-8-3-4-10-20(18)22)24-16-19(14-15-25(24)37-29)27(35)32-23-12-6-5-11-21(23)30/h3-16H,17H2,1-2H3,(H,31,34)(H,32,35). The van der Waals surface area contributed by atoms with Crippen LogP contribution in [0.2, 0.25) is 0 Å². The van der Waals surface area contributed by atoms with Gasteiger partial charge in [-0.05, 0) is 55.6 Å². The van der Waals surface area contributed by atoms with E-state index >= 15 is 0 Å². The number of rotatable bonds is 5. The zero-order chi connectivity index (χ0) is 26.2. The molecule has 0 atom stereocenters. The lowest BCUT2D eigenvalue weighted by atomic mass is 10.0. The molecule has 0 aromatic heterocycles. The van der Waals surface area contributed by atoms with Gasteiger partial charge >= 0.3 is 0 Å². The molecular weight excluding hydrogens is 473 g/mol. The first-order valence-electron chi connectivity index (χ1n) is 11.7. The number of nitrogens with one attached hydrogen (secondary N) is 2. The van der Waals surface area contributed by atoms with E-state index in [1.165, 1.54) is 35.2 Å². The minimum Gasteiger partial charge on any atom is -0.476 e. The van der Waals surface area contributed by atoms with Crippen LogP contribution in [0.3, 0.4) is 0 Å². The topological polar surface area (TPSA) is 87.7 Å². The molecule has 0 saturated carbocycles. The number of halogens is 1. The van der Waals surface area contributed by atoms with E-state index in [-0.39, 0.29) is 23.5 Å². The lowest BCUT2D eigenvalue weighted by molar-refractivity contribution is -0.133. The van der Waals surface area contributed by atoms with Gasteiger partial charge in [0, 0.05) is 16.6 Å². The Labute approximate surface area is 212 Å². The number of amides is 3. The fraction of sp³-hybridized carbons (Fsp3) is 0.138. The maximum absolute atomic E-state index is 14.0. The zero-order valence-corrected chi connectivity index (χ0v) is 20.2. The number of benzene rings is 4. The van der Waals surface area contributed by atoms with E-state index in [0.717, 1.165) is 10.8 Å². The number of para-hydroxylation sites is 1. The summed E-state index contributed by atoms with van der Waals surface area (Å²) in [6.07, 6.45) is 0. The molecule has 0 fully saturated rings. The van der Waals surface area contributed by atoms with Crippen LogP contribution < -0.4 is 20.3 Å². The van der Waals surface area contributed by atoms with Gasteiger partial charge < -0.3 is 15.4 Å². The molecule has 0 spiro atoms. The van der Waals surface area contributed by atoms with Gasteiger partial charge in [0.25, 0.3) is 11.8 Å². The fourth-order valence-electron chi connectivity index (χ4n) is 4.29. The molecule has 1 aliphatic heterocycles. The number of hydrogen-bond donors (Lipinski definition) is 2. The summed E-state index contributed by atoms with van der Waals surface area (Å²) in [5, 5.41) is 7.27. The molecule has 0 aliphatic carbocycles. The zero-order valence-electron chi connectivity index (χ0n) is 20.2. The average Bonchev–Trinajstić information content (AvgIpc) is 2.88. The molecule has 4 aromatic carbocycles. The quantitative estimate of drug-likeness (QED) is 0.388. The second-order valence-electron chi connectivity index (χ2n) is 9.20. The monoisotopic (exact) mass is 497 g/mol. The predicted octanol–water partition coefficient (Wildman–Crippen LogP) is 5.37. The van der Waals surface area contributed by atoms with Crippen molar-refractivity contribution in [3.05, 3.63) is 96.3 Å². The molecule has 1 heterocycles. The van der Waals surface area contributed by atoms with E-state index in [1.54, 1.807) is 32.0 Å². The van der Waals surface area contributed by atoms with Crippen LogP contribution in [-0.4, -0.2) is 29.9 Å². The molecule has 4 aromatic rings. The smallest absolute Gasteiger partial charge is 0.271 e. The van der Waals surface area contributed by atoms with E-state index in [0.29, 0.717) is 11.4 Å². The van der Waals surface area contributed by atoms with E-state index in [2.05, 4.69) is 10.6 Å². The first-order valence-corrected chi connectivity index (χ1v) is 11.7. The van der Waals surface area contributed by atoms with Crippen molar-refractivity contribution in [1.29, 1.82) is 0 Å². The number of fused-ring (bicyclic) bond motifs is 2. The van der Waals surface area contributed by atoms with Crippen molar-refractivity contribution < 1.29 is 23.5 Å². The van der Waals surface area contributed by atoms with Gasteiger partial charge in [-0.1, -0.05) is 48.5 Å². The lowest BCUT2D eigenvalue weighted by Crippen LogP contribution is -2.54. The number of hydrogen-bond acceptors (Lipinski definition) is 4. The maximum atomic E-state index is 14.0. The first-order chi connectivity index (χ1) is 17.7. The Hall–Kier alpha value is -4.72. The van der Waals surface area contributed by atoms with Crippen molar-refractivity contribution in [3.8, 4) is 5.75 Å². The van der Waals surface area contributed by atoms with Crippen LogP contribution in [0.1, 0.15) is 24.2 Å². The fourth-order valence-corrected chi connectivity index (χ4v) is 4.29. The van der Waals surface area contributed by atoms with Crippen LogP contribution in [0.4, 0.5) is 21.5 Å². The molecule has 8 heteroatoms. The molecule has 0 saturated heterocycles. The van der Waals surface area contributed by atoms with Gasteiger partial charge in [-0.25, -0.2) is 4.39 Å². The Kier molecular flexibility index (Phi) is 6.09. The third kappa shape index (κ3) is 4.73. The maximum Gasteiger partial charge on any atom is 0.271 e. The Morgan fingerprint density at radius 2 is 1.59 bits per heavy atom. The minimum absolute atomic E-state index is 0.0324. The third-order valence-electron chi connectivity index (χ3n) is 6.12. The highest BCUT2D eigenvalue weighted by Crippen LogP contribution is 2.38. The molecule has 37 heavy (non-hydrogen) atoms. The minimum atomic E-state index is -1.22. The Bertz CT molecular complexity index is 1540. The van der Waals surface area contributed by atoms with E-state index in [4.69, 9.17) is 4.74 Å². The van der Waals surface area contributed by atoms with E-state index in [1.807, 2.05) is 36.4 Å². The number of carbonyl (C=O) groups is 3. The molecule has 0 bridgehead atoms.